The second kappa shape index (κ2) is 9.41. The first kappa shape index (κ1) is 21.3. The minimum absolute atomic E-state index is 0.0553. The van der Waals surface area contributed by atoms with E-state index in [1.807, 2.05) is 13.8 Å². The van der Waals surface area contributed by atoms with Crippen LogP contribution in [-0.2, 0) is 14.8 Å². The molecule has 6 heteroatoms. The zero-order chi connectivity index (χ0) is 21.6. The zero-order valence-electron chi connectivity index (χ0n) is 16.9. The SMILES string of the molecule is CCOc1ccc(/C=C/C(=O)N(c2ccccc2)S(=O)(=O)c2ccc(C)cc2)cc1. The maximum atomic E-state index is 13.3. The van der Waals surface area contributed by atoms with E-state index in [1.165, 1.54) is 18.2 Å². The number of amides is 1. The van der Waals surface area contributed by atoms with Crippen LogP contribution >= 0.6 is 0 Å². The molecule has 0 unspecified atom stereocenters. The standard InChI is InChI=1S/C24H23NO4S/c1-3-29-22-14-11-20(12-15-22)13-18-24(26)25(21-7-5-4-6-8-21)30(27,28)23-16-9-19(2)10-17-23/h4-18H,3H2,1-2H3/b18-13+. The lowest BCUT2D eigenvalue weighted by molar-refractivity contribution is -0.113. The lowest BCUT2D eigenvalue weighted by atomic mass is 10.2. The normalized spacial score (nSPS) is 11.4. The maximum Gasteiger partial charge on any atom is 0.271 e. The Labute approximate surface area is 177 Å². The van der Waals surface area contributed by atoms with Gasteiger partial charge in [-0.25, -0.2) is 8.42 Å². The van der Waals surface area contributed by atoms with Gasteiger partial charge < -0.3 is 4.74 Å². The fraction of sp³-hybridized carbons (Fsp3) is 0.125. The Balaban J connectivity index is 1.94. The summed E-state index contributed by atoms with van der Waals surface area (Å²) in [7, 11) is -4.08. The van der Waals surface area contributed by atoms with Gasteiger partial charge >= 0.3 is 0 Å². The van der Waals surface area contributed by atoms with Crippen molar-refractivity contribution < 1.29 is 17.9 Å². The van der Waals surface area contributed by atoms with E-state index in [9.17, 15) is 13.2 Å². The Morgan fingerprint density at radius 3 is 2.17 bits per heavy atom. The van der Waals surface area contributed by atoms with Gasteiger partial charge in [-0.05, 0) is 61.9 Å². The minimum atomic E-state index is -4.08. The largest absolute Gasteiger partial charge is 0.494 e. The Bertz CT molecular complexity index is 1120. The van der Waals surface area contributed by atoms with E-state index in [1.54, 1.807) is 72.8 Å². The molecule has 0 aliphatic heterocycles. The average molecular weight is 422 g/mol. The first-order chi connectivity index (χ1) is 14.4. The van der Waals surface area contributed by atoms with Crippen molar-refractivity contribution in [2.45, 2.75) is 18.7 Å². The monoisotopic (exact) mass is 421 g/mol. The smallest absolute Gasteiger partial charge is 0.271 e. The van der Waals surface area contributed by atoms with Gasteiger partial charge in [-0.3, -0.25) is 4.79 Å². The Morgan fingerprint density at radius 2 is 1.57 bits per heavy atom. The lowest BCUT2D eigenvalue weighted by Crippen LogP contribution is -2.35. The van der Waals surface area contributed by atoms with Gasteiger partial charge in [0.15, 0.2) is 0 Å². The number of rotatable bonds is 7. The van der Waals surface area contributed by atoms with Crippen molar-refractivity contribution in [3.8, 4) is 5.75 Å². The second-order valence-corrected chi connectivity index (χ2v) is 8.38. The molecule has 0 saturated carbocycles. The molecule has 0 N–H and O–H groups in total. The number of aryl methyl sites for hydroxylation is 1. The predicted molar refractivity (Wildman–Crippen MR) is 119 cm³/mol. The Hall–Kier alpha value is -3.38. The number of nitrogens with zero attached hydrogens (tertiary/aromatic N) is 1. The zero-order valence-corrected chi connectivity index (χ0v) is 17.7. The third-order valence-corrected chi connectivity index (χ3v) is 6.10. The van der Waals surface area contributed by atoms with Crippen LogP contribution in [0.2, 0.25) is 0 Å². The van der Waals surface area contributed by atoms with Crippen molar-refractivity contribution in [1.29, 1.82) is 0 Å². The number of ether oxygens (including phenoxy) is 1. The Kier molecular flexibility index (Phi) is 6.69. The molecular formula is C24H23NO4S. The van der Waals surface area contributed by atoms with Crippen LogP contribution in [0.1, 0.15) is 18.1 Å². The molecule has 0 aromatic heterocycles. The summed E-state index contributed by atoms with van der Waals surface area (Å²) in [6, 6.07) is 21.9. The molecule has 0 aliphatic carbocycles. The summed E-state index contributed by atoms with van der Waals surface area (Å²) in [5, 5.41) is 0. The van der Waals surface area contributed by atoms with Crippen LogP contribution in [0.15, 0.2) is 89.8 Å². The summed E-state index contributed by atoms with van der Waals surface area (Å²) >= 11 is 0. The van der Waals surface area contributed by atoms with Crippen molar-refractivity contribution >= 4 is 27.7 Å². The fourth-order valence-electron chi connectivity index (χ4n) is 2.84. The number of carbonyl (C=O) groups is 1. The van der Waals surface area contributed by atoms with E-state index in [0.717, 1.165) is 21.2 Å². The molecule has 3 aromatic rings. The summed E-state index contributed by atoms with van der Waals surface area (Å²) in [6.07, 6.45) is 2.84. The van der Waals surface area contributed by atoms with Gasteiger partial charge in [0, 0.05) is 6.08 Å². The molecule has 3 rings (SSSR count). The molecule has 0 fully saturated rings. The van der Waals surface area contributed by atoms with E-state index < -0.39 is 15.9 Å². The van der Waals surface area contributed by atoms with Gasteiger partial charge in [-0.15, -0.1) is 0 Å². The molecule has 0 radical (unpaired) electrons. The molecule has 0 spiro atoms. The first-order valence-electron chi connectivity index (χ1n) is 9.54. The van der Waals surface area contributed by atoms with Crippen molar-refractivity contribution in [2.24, 2.45) is 0 Å². The topological polar surface area (TPSA) is 63.7 Å². The molecule has 30 heavy (non-hydrogen) atoms. The van der Waals surface area contributed by atoms with E-state index >= 15 is 0 Å². The summed E-state index contributed by atoms with van der Waals surface area (Å²) in [5.41, 5.74) is 1.97. The van der Waals surface area contributed by atoms with Crippen molar-refractivity contribution in [2.75, 3.05) is 10.9 Å². The molecule has 1 amide bonds. The van der Waals surface area contributed by atoms with Crippen LogP contribution < -0.4 is 9.04 Å². The number of hydrogen-bond acceptors (Lipinski definition) is 4. The molecule has 0 aliphatic rings. The molecule has 0 atom stereocenters. The quantitative estimate of drug-likeness (QED) is 0.513. The highest BCUT2D eigenvalue weighted by molar-refractivity contribution is 7.93. The molecule has 3 aromatic carbocycles. The number of hydrogen-bond donors (Lipinski definition) is 0. The first-order valence-corrected chi connectivity index (χ1v) is 11.0. The fourth-order valence-corrected chi connectivity index (χ4v) is 4.23. The van der Waals surface area contributed by atoms with Gasteiger partial charge in [0.2, 0.25) is 0 Å². The van der Waals surface area contributed by atoms with Gasteiger partial charge in [0.1, 0.15) is 5.75 Å². The highest BCUT2D eigenvalue weighted by atomic mass is 32.2. The number of para-hydroxylation sites is 1. The van der Waals surface area contributed by atoms with Gasteiger partial charge in [-0.1, -0.05) is 48.0 Å². The number of sulfonamides is 1. The van der Waals surface area contributed by atoms with E-state index in [0.29, 0.717) is 6.61 Å². The summed E-state index contributed by atoms with van der Waals surface area (Å²) < 4.78 is 32.8. The highest BCUT2D eigenvalue weighted by Crippen LogP contribution is 2.24. The van der Waals surface area contributed by atoms with Crippen LogP contribution in [0.3, 0.4) is 0 Å². The van der Waals surface area contributed by atoms with E-state index in [-0.39, 0.29) is 10.6 Å². The molecule has 5 nitrogen and oxygen atoms in total. The van der Waals surface area contributed by atoms with Crippen molar-refractivity contribution in [3.05, 3.63) is 96.1 Å². The molecule has 154 valence electrons. The third kappa shape index (κ3) is 4.96. The van der Waals surface area contributed by atoms with Crippen LogP contribution in [0, 0.1) is 6.92 Å². The van der Waals surface area contributed by atoms with E-state index in [2.05, 4.69) is 0 Å². The number of carbonyl (C=O) groups excluding carboxylic acids is 1. The molecular weight excluding hydrogens is 398 g/mol. The van der Waals surface area contributed by atoms with Crippen LogP contribution in [0.25, 0.3) is 6.08 Å². The van der Waals surface area contributed by atoms with Gasteiger partial charge in [0.05, 0.1) is 17.2 Å². The highest BCUT2D eigenvalue weighted by Gasteiger charge is 2.29. The summed E-state index contributed by atoms with van der Waals surface area (Å²) in [6.45, 7) is 4.34. The molecule has 0 bridgehead atoms. The van der Waals surface area contributed by atoms with Gasteiger partial charge in [-0.2, -0.15) is 4.31 Å². The van der Waals surface area contributed by atoms with Crippen LogP contribution in [-0.4, -0.2) is 20.9 Å². The molecule has 0 saturated heterocycles. The number of anilines is 1. The number of benzene rings is 3. The maximum absolute atomic E-state index is 13.3. The lowest BCUT2D eigenvalue weighted by Gasteiger charge is -2.21. The van der Waals surface area contributed by atoms with E-state index in [4.69, 9.17) is 4.74 Å². The third-order valence-electron chi connectivity index (χ3n) is 4.36. The molecule has 0 heterocycles. The van der Waals surface area contributed by atoms with Crippen LogP contribution in [0.4, 0.5) is 5.69 Å². The Morgan fingerprint density at radius 1 is 0.933 bits per heavy atom. The van der Waals surface area contributed by atoms with Crippen molar-refractivity contribution in [1.82, 2.24) is 0 Å². The summed E-state index contributed by atoms with van der Waals surface area (Å²) in [5.74, 6) is 0.0736. The predicted octanol–water partition coefficient (Wildman–Crippen LogP) is 4.83. The van der Waals surface area contributed by atoms with Crippen LogP contribution in [0.5, 0.6) is 5.75 Å². The average Bonchev–Trinajstić information content (AvgIpc) is 2.74. The second-order valence-electron chi connectivity index (χ2n) is 6.59. The minimum Gasteiger partial charge on any atom is -0.494 e. The van der Waals surface area contributed by atoms with Crippen molar-refractivity contribution in [3.63, 3.8) is 0 Å². The van der Waals surface area contributed by atoms with Gasteiger partial charge in [0.25, 0.3) is 15.9 Å². The summed E-state index contributed by atoms with van der Waals surface area (Å²) in [4.78, 5) is 13.1.